The monoisotopic (exact) mass is 718 g/mol. The van der Waals surface area contributed by atoms with Crippen LogP contribution >= 0.6 is 23.5 Å². The predicted molar refractivity (Wildman–Crippen MR) is 179 cm³/mol. The highest BCUT2D eigenvalue weighted by Gasteiger charge is 2.54. The predicted octanol–water partition coefficient (Wildman–Crippen LogP) is 0.301. The van der Waals surface area contributed by atoms with Crippen LogP contribution < -0.4 is 27.1 Å². The number of hydrogen-bond acceptors (Lipinski definition) is 12. The highest BCUT2D eigenvalue weighted by atomic mass is 32.2. The molecule has 1 unspecified atom stereocenters. The number of β-lactam (4-membered cyclic amide) rings is 1. The number of benzene rings is 1. The molecule has 1 saturated carbocycles. The summed E-state index contributed by atoms with van der Waals surface area (Å²) in [6, 6.07) is 0.659. The number of fused-ring (bicyclic) bond motifs is 2. The Kier molecular flexibility index (Phi) is 9.93. The zero-order chi connectivity index (χ0) is 35.1. The number of anilines is 1. The minimum Gasteiger partial charge on any atom is -0.480 e. The fraction of sp³-hybridized carbons (Fsp3) is 0.484. The van der Waals surface area contributed by atoms with E-state index in [1.165, 1.54) is 18.0 Å². The molecule has 3 aliphatic heterocycles. The molecule has 2 saturated heterocycles. The first kappa shape index (κ1) is 34.7. The molecule has 4 atom stereocenters. The Balaban J connectivity index is 1.16. The van der Waals surface area contributed by atoms with Gasteiger partial charge in [0.2, 0.25) is 11.3 Å². The van der Waals surface area contributed by atoms with Crippen LogP contribution in [0.25, 0.3) is 10.9 Å². The van der Waals surface area contributed by atoms with E-state index in [4.69, 9.17) is 21.3 Å². The van der Waals surface area contributed by atoms with Gasteiger partial charge in [-0.15, -0.1) is 23.5 Å². The van der Waals surface area contributed by atoms with Gasteiger partial charge in [-0.3, -0.25) is 24.1 Å². The molecule has 1 aromatic heterocycles. The summed E-state index contributed by atoms with van der Waals surface area (Å²) >= 11 is 2.15. The van der Waals surface area contributed by atoms with Gasteiger partial charge in [-0.25, -0.2) is 14.0 Å². The Hall–Kier alpha value is -4.13. The van der Waals surface area contributed by atoms with Crippen LogP contribution in [0, 0.1) is 11.7 Å². The molecule has 7 N–H and O–H groups in total. The normalized spacial score (nSPS) is 22.5. The number of aromatic nitrogens is 1. The van der Waals surface area contributed by atoms with Gasteiger partial charge in [0.25, 0.3) is 5.91 Å². The zero-order valence-electron chi connectivity index (χ0n) is 26.1. The van der Waals surface area contributed by atoms with Gasteiger partial charge < -0.3 is 41.2 Å². The van der Waals surface area contributed by atoms with E-state index in [2.05, 4.69) is 5.32 Å². The van der Waals surface area contributed by atoms with Gasteiger partial charge in [0, 0.05) is 47.8 Å². The number of thioether (sulfide) groups is 2. The van der Waals surface area contributed by atoms with Crippen LogP contribution in [0.4, 0.5) is 10.1 Å². The zero-order valence-corrected chi connectivity index (χ0v) is 27.8. The van der Waals surface area contributed by atoms with Crippen LogP contribution in [0.3, 0.4) is 0 Å². The van der Waals surface area contributed by atoms with Crippen molar-refractivity contribution in [2.24, 2.45) is 17.4 Å². The average molecular weight is 719 g/mol. The first-order chi connectivity index (χ1) is 23.4. The molecule has 0 spiro atoms. The van der Waals surface area contributed by atoms with Crippen molar-refractivity contribution in [1.29, 1.82) is 0 Å². The van der Waals surface area contributed by atoms with E-state index < -0.39 is 65.0 Å². The number of halogens is 1. The van der Waals surface area contributed by atoms with E-state index in [1.807, 2.05) is 4.90 Å². The second-order valence-electron chi connectivity index (χ2n) is 12.4. The van der Waals surface area contributed by atoms with Gasteiger partial charge in [0.15, 0.2) is 0 Å². The maximum Gasteiger partial charge on any atom is 0.352 e. The number of esters is 1. The number of carboxylic acid groups (broad SMARTS) is 2. The molecular formula is C31H35FN6O9S2. The first-order valence-corrected chi connectivity index (χ1v) is 17.9. The van der Waals surface area contributed by atoms with Crippen LogP contribution in [0.1, 0.15) is 35.7 Å². The lowest BCUT2D eigenvalue weighted by Crippen LogP contribution is -2.70. The second kappa shape index (κ2) is 14.0. The molecule has 49 heavy (non-hydrogen) atoms. The molecular weight excluding hydrogens is 684 g/mol. The number of nitrogens with two attached hydrogens (primary N) is 2. The van der Waals surface area contributed by atoms with Gasteiger partial charge in [-0.1, -0.05) is 0 Å². The van der Waals surface area contributed by atoms with E-state index >= 15 is 4.39 Å². The number of carbonyl (C=O) groups is 5. The molecule has 0 radical (unpaired) electrons. The Morgan fingerprint density at radius 3 is 2.57 bits per heavy atom. The topological polar surface area (TPSA) is 228 Å². The summed E-state index contributed by atoms with van der Waals surface area (Å²) in [4.78, 5) is 78.2. The number of rotatable bonds is 13. The number of carboxylic acids is 2. The fourth-order valence-corrected chi connectivity index (χ4v) is 8.35. The quantitative estimate of drug-likeness (QED) is 0.139. The van der Waals surface area contributed by atoms with Crippen molar-refractivity contribution in [2.75, 3.05) is 48.4 Å². The van der Waals surface area contributed by atoms with E-state index in [0.717, 1.165) is 42.0 Å². The lowest BCUT2D eigenvalue weighted by atomic mass is 10.0. The number of pyridine rings is 1. The molecule has 1 aromatic carbocycles. The maximum atomic E-state index is 15.4. The fourth-order valence-electron chi connectivity index (χ4n) is 6.23. The molecule has 4 heterocycles. The minimum absolute atomic E-state index is 0.0141. The third-order valence-corrected chi connectivity index (χ3v) is 11.4. The number of nitrogens with zero attached hydrogens (tertiary/aromatic N) is 3. The molecule has 2 amide bonds. The van der Waals surface area contributed by atoms with E-state index in [-0.39, 0.29) is 51.4 Å². The Morgan fingerprint density at radius 2 is 1.92 bits per heavy atom. The summed E-state index contributed by atoms with van der Waals surface area (Å²) in [5, 5.41) is 20.7. The molecule has 15 nitrogen and oxygen atoms in total. The first-order valence-electron chi connectivity index (χ1n) is 15.7. The highest BCUT2D eigenvalue weighted by Crippen LogP contribution is 2.41. The molecule has 18 heteroatoms. The Morgan fingerprint density at radius 1 is 1.16 bits per heavy atom. The third kappa shape index (κ3) is 6.86. The van der Waals surface area contributed by atoms with Gasteiger partial charge in [0.05, 0.1) is 17.0 Å². The van der Waals surface area contributed by atoms with Crippen molar-refractivity contribution in [1.82, 2.24) is 14.8 Å². The van der Waals surface area contributed by atoms with E-state index in [9.17, 15) is 33.9 Å². The average Bonchev–Trinajstić information content (AvgIpc) is 3.81. The standard InChI is InChI=1S/C31H35FN6O9S2/c32-19-5-17-21(6-22(19)36-4-3-14(7-33)8-36)37(16-1-2-16)9-18(26(17)40)31(46)47-10-15-11-49-28-24(27(41)38(28)25(15)30(44)45)35-23(39)13-48-12-20(34)29(42)43/h5-6,9,14,16,20,24,28H,1-4,7-8,10-13,33-34H2,(H,35,39)(H,42,43)(H,44,45)/t14?,20-,24-,28-/m1/s1. The summed E-state index contributed by atoms with van der Waals surface area (Å²) < 4.78 is 22.6. The van der Waals surface area contributed by atoms with Crippen molar-refractivity contribution in [3.05, 3.63) is 51.2 Å². The van der Waals surface area contributed by atoms with Crippen LogP contribution in [0.5, 0.6) is 0 Å². The lowest BCUT2D eigenvalue weighted by molar-refractivity contribution is -0.150. The second-order valence-corrected chi connectivity index (χ2v) is 14.6. The van der Waals surface area contributed by atoms with Crippen LogP contribution in [0.2, 0.25) is 0 Å². The summed E-state index contributed by atoms with van der Waals surface area (Å²) in [7, 11) is 0. The third-order valence-electron chi connectivity index (χ3n) is 9.01. The molecule has 2 aromatic rings. The summed E-state index contributed by atoms with van der Waals surface area (Å²) in [6.45, 7) is 1.22. The molecule has 262 valence electrons. The number of aliphatic carboxylic acids is 2. The summed E-state index contributed by atoms with van der Waals surface area (Å²) in [6.07, 6.45) is 3.88. The number of ether oxygens (including phenoxy) is 1. The molecule has 1 aliphatic carbocycles. The van der Waals surface area contributed by atoms with Crippen molar-refractivity contribution in [2.45, 2.75) is 42.8 Å². The Bertz CT molecular complexity index is 1830. The van der Waals surface area contributed by atoms with Crippen LogP contribution in [0.15, 0.2) is 34.4 Å². The van der Waals surface area contributed by atoms with Gasteiger partial charge in [0.1, 0.15) is 41.1 Å². The molecule has 0 bridgehead atoms. The van der Waals surface area contributed by atoms with Gasteiger partial charge >= 0.3 is 17.9 Å². The van der Waals surface area contributed by atoms with Gasteiger partial charge in [-0.2, -0.15) is 0 Å². The van der Waals surface area contributed by atoms with Crippen LogP contribution in [-0.2, 0) is 23.9 Å². The van der Waals surface area contributed by atoms with E-state index in [1.54, 1.807) is 10.6 Å². The summed E-state index contributed by atoms with van der Waals surface area (Å²) in [5.74, 6) is -5.32. The Labute approximate surface area is 287 Å². The van der Waals surface area contributed by atoms with Crippen molar-refractivity contribution in [3.63, 3.8) is 0 Å². The smallest absolute Gasteiger partial charge is 0.352 e. The largest absolute Gasteiger partial charge is 0.480 e. The molecule has 4 aliphatic rings. The molecule has 3 fully saturated rings. The van der Waals surface area contributed by atoms with Crippen LogP contribution in [-0.4, -0.2) is 110 Å². The minimum atomic E-state index is -1.43. The van der Waals surface area contributed by atoms with E-state index in [0.29, 0.717) is 30.8 Å². The lowest BCUT2D eigenvalue weighted by Gasteiger charge is -2.49. The SMILES string of the molecule is NCC1CCN(c2cc3c(cc2F)c(=O)c(C(=O)OCC2=C(C(=O)O)N4C(=O)[C@@H](NC(=O)CSC[C@@H](N)C(=O)O)[C@H]4SC2)cn3C2CC2)C1. The number of nitrogens with one attached hydrogen (secondary N) is 1. The van der Waals surface area contributed by atoms with Crippen molar-refractivity contribution >= 4 is 69.8 Å². The van der Waals surface area contributed by atoms with Gasteiger partial charge in [-0.05, 0) is 43.9 Å². The number of carbonyl (C=O) groups excluding carboxylic acids is 3. The summed E-state index contributed by atoms with van der Waals surface area (Å²) in [5.41, 5.74) is 10.8. The highest BCUT2D eigenvalue weighted by molar-refractivity contribution is 8.00. The van der Waals surface area contributed by atoms with Crippen molar-refractivity contribution < 1.29 is 43.3 Å². The molecule has 6 rings (SSSR count). The van der Waals surface area contributed by atoms with Crippen molar-refractivity contribution in [3.8, 4) is 0 Å². The number of hydrogen-bond donors (Lipinski definition) is 5. The maximum absolute atomic E-state index is 15.4. The number of amides is 2.